The summed E-state index contributed by atoms with van der Waals surface area (Å²) in [6.45, 7) is 1.66. The van der Waals surface area contributed by atoms with E-state index in [1.165, 1.54) is 0 Å². The fourth-order valence-electron chi connectivity index (χ4n) is 2.72. The highest BCUT2D eigenvalue weighted by Crippen LogP contribution is 2.23. The summed E-state index contributed by atoms with van der Waals surface area (Å²) in [4.78, 5) is 23.1. The molecule has 1 aliphatic heterocycles. The SMILES string of the molecule is CNC1CCCN(C(=O)Cc2csc(-c3cccnc3)n2)C1. The fourth-order valence-corrected chi connectivity index (χ4v) is 3.53. The Labute approximate surface area is 134 Å². The molecule has 3 heterocycles. The molecule has 0 bridgehead atoms. The molecule has 1 atom stereocenters. The molecule has 116 valence electrons. The maximum Gasteiger partial charge on any atom is 0.228 e. The summed E-state index contributed by atoms with van der Waals surface area (Å²) in [5.74, 6) is 0.169. The van der Waals surface area contributed by atoms with Crippen molar-refractivity contribution in [2.45, 2.75) is 25.3 Å². The molecule has 1 amide bonds. The first-order chi connectivity index (χ1) is 10.8. The topological polar surface area (TPSA) is 58.1 Å². The number of thiazole rings is 1. The molecule has 5 nitrogen and oxygen atoms in total. The van der Waals surface area contributed by atoms with E-state index in [-0.39, 0.29) is 5.91 Å². The largest absolute Gasteiger partial charge is 0.341 e. The van der Waals surface area contributed by atoms with Crippen LogP contribution in [0.3, 0.4) is 0 Å². The van der Waals surface area contributed by atoms with Gasteiger partial charge in [0.1, 0.15) is 5.01 Å². The van der Waals surface area contributed by atoms with Gasteiger partial charge in [0.2, 0.25) is 5.91 Å². The Morgan fingerprint density at radius 2 is 2.45 bits per heavy atom. The van der Waals surface area contributed by atoms with E-state index >= 15 is 0 Å². The van der Waals surface area contributed by atoms with E-state index in [2.05, 4.69) is 15.3 Å². The van der Waals surface area contributed by atoms with Crippen LogP contribution < -0.4 is 5.32 Å². The summed E-state index contributed by atoms with van der Waals surface area (Å²) in [6, 6.07) is 4.30. The predicted octanol–water partition coefficient (Wildman–Crippen LogP) is 1.96. The van der Waals surface area contributed by atoms with E-state index in [4.69, 9.17) is 0 Å². The molecule has 1 fully saturated rings. The molecule has 2 aromatic rings. The van der Waals surface area contributed by atoms with Crippen LogP contribution >= 0.6 is 11.3 Å². The molecule has 1 unspecified atom stereocenters. The third-order valence-electron chi connectivity index (χ3n) is 3.97. The molecule has 1 aliphatic rings. The molecule has 6 heteroatoms. The monoisotopic (exact) mass is 316 g/mol. The van der Waals surface area contributed by atoms with E-state index in [9.17, 15) is 4.79 Å². The third-order valence-corrected chi connectivity index (χ3v) is 4.92. The minimum absolute atomic E-state index is 0.169. The van der Waals surface area contributed by atoms with Gasteiger partial charge in [-0.3, -0.25) is 9.78 Å². The van der Waals surface area contributed by atoms with Crippen molar-refractivity contribution in [1.82, 2.24) is 20.2 Å². The van der Waals surface area contributed by atoms with Gasteiger partial charge in [-0.2, -0.15) is 0 Å². The van der Waals surface area contributed by atoms with Crippen molar-refractivity contribution in [3.63, 3.8) is 0 Å². The molecule has 2 aromatic heterocycles. The molecule has 0 spiro atoms. The highest BCUT2D eigenvalue weighted by molar-refractivity contribution is 7.13. The van der Waals surface area contributed by atoms with Gasteiger partial charge in [0.25, 0.3) is 0 Å². The first-order valence-electron chi connectivity index (χ1n) is 7.56. The summed E-state index contributed by atoms with van der Waals surface area (Å²) in [6.07, 6.45) is 6.13. The second-order valence-corrected chi connectivity index (χ2v) is 6.39. The Hall–Kier alpha value is -1.79. The Balaban J connectivity index is 1.64. The zero-order chi connectivity index (χ0) is 15.4. The average Bonchev–Trinajstić information content (AvgIpc) is 3.04. The maximum absolute atomic E-state index is 12.4. The Morgan fingerprint density at radius 3 is 3.23 bits per heavy atom. The number of hydrogen-bond acceptors (Lipinski definition) is 5. The molecular formula is C16H20N4OS. The minimum atomic E-state index is 0.169. The van der Waals surface area contributed by atoms with Crippen LogP contribution in [0.2, 0.25) is 0 Å². The van der Waals surface area contributed by atoms with E-state index < -0.39 is 0 Å². The van der Waals surface area contributed by atoms with Gasteiger partial charge in [0.15, 0.2) is 0 Å². The number of piperidine rings is 1. The first-order valence-corrected chi connectivity index (χ1v) is 8.44. The lowest BCUT2D eigenvalue weighted by Crippen LogP contribution is -2.47. The van der Waals surface area contributed by atoms with Crippen LogP contribution in [0.25, 0.3) is 10.6 Å². The highest BCUT2D eigenvalue weighted by atomic mass is 32.1. The van der Waals surface area contributed by atoms with E-state index in [1.807, 2.05) is 29.5 Å². The predicted molar refractivity (Wildman–Crippen MR) is 87.7 cm³/mol. The smallest absolute Gasteiger partial charge is 0.228 e. The number of nitrogens with zero attached hydrogens (tertiary/aromatic N) is 3. The van der Waals surface area contributed by atoms with Crippen molar-refractivity contribution < 1.29 is 4.79 Å². The average molecular weight is 316 g/mol. The van der Waals surface area contributed by atoms with Crippen molar-refractivity contribution in [3.05, 3.63) is 35.6 Å². The number of pyridine rings is 1. The van der Waals surface area contributed by atoms with Gasteiger partial charge in [0.05, 0.1) is 12.1 Å². The first kappa shape index (κ1) is 15.1. The standard InChI is InChI=1S/C16H20N4OS/c1-17-13-5-3-7-20(10-13)15(21)8-14-11-22-16(19-14)12-4-2-6-18-9-12/h2,4,6,9,11,13,17H,3,5,7-8,10H2,1H3. The maximum atomic E-state index is 12.4. The molecule has 0 aliphatic carbocycles. The highest BCUT2D eigenvalue weighted by Gasteiger charge is 2.23. The molecule has 0 saturated carbocycles. The van der Waals surface area contributed by atoms with E-state index in [1.54, 1.807) is 23.7 Å². The lowest BCUT2D eigenvalue weighted by molar-refractivity contribution is -0.131. The van der Waals surface area contributed by atoms with E-state index in [0.717, 1.165) is 42.2 Å². The summed E-state index contributed by atoms with van der Waals surface area (Å²) in [7, 11) is 1.96. The van der Waals surface area contributed by atoms with Gasteiger partial charge in [-0.25, -0.2) is 4.98 Å². The van der Waals surface area contributed by atoms with Crippen molar-refractivity contribution in [3.8, 4) is 10.6 Å². The molecule has 1 saturated heterocycles. The number of aromatic nitrogens is 2. The van der Waals surface area contributed by atoms with Crippen molar-refractivity contribution >= 4 is 17.2 Å². The summed E-state index contributed by atoms with van der Waals surface area (Å²) < 4.78 is 0. The quantitative estimate of drug-likeness (QED) is 0.937. The minimum Gasteiger partial charge on any atom is -0.341 e. The van der Waals surface area contributed by atoms with Crippen LogP contribution in [0.4, 0.5) is 0 Å². The molecule has 0 aromatic carbocycles. The lowest BCUT2D eigenvalue weighted by Gasteiger charge is -2.32. The van der Waals surface area contributed by atoms with Gasteiger partial charge >= 0.3 is 0 Å². The summed E-state index contributed by atoms with van der Waals surface area (Å²) in [5, 5.41) is 6.15. The Kier molecular flexibility index (Phi) is 4.80. The molecule has 22 heavy (non-hydrogen) atoms. The zero-order valence-electron chi connectivity index (χ0n) is 12.7. The molecule has 3 rings (SSSR count). The normalized spacial score (nSPS) is 18.4. The number of rotatable bonds is 4. The summed E-state index contributed by atoms with van der Waals surface area (Å²) in [5.41, 5.74) is 1.85. The van der Waals surface area contributed by atoms with Crippen LogP contribution in [0.1, 0.15) is 18.5 Å². The lowest BCUT2D eigenvalue weighted by atomic mass is 10.1. The molecule has 1 N–H and O–H groups in total. The van der Waals surface area contributed by atoms with Crippen LogP contribution in [0, 0.1) is 0 Å². The van der Waals surface area contributed by atoms with E-state index in [0.29, 0.717) is 12.5 Å². The van der Waals surface area contributed by atoms with Gasteiger partial charge in [-0.1, -0.05) is 0 Å². The molecule has 0 radical (unpaired) electrons. The Bertz CT molecular complexity index is 628. The number of hydrogen-bond donors (Lipinski definition) is 1. The van der Waals surface area contributed by atoms with Crippen LogP contribution in [0.5, 0.6) is 0 Å². The van der Waals surface area contributed by atoms with Crippen LogP contribution in [-0.4, -0.2) is 47.0 Å². The number of carbonyl (C=O) groups is 1. The van der Waals surface area contributed by atoms with Gasteiger partial charge in [-0.15, -0.1) is 11.3 Å². The van der Waals surface area contributed by atoms with Crippen LogP contribution in [-0.2, 0) is 11.2 Å². The second-order valence-electron chi connectivity index (χ2n) is 5.53. The molecular weight excluding hydrogens is 296 g/mol. The fraction of sp³-hybridized carbons (Fsp3) is 0.438. The van der Waals surface area contributed by atoms with Crippen LogP contribution in [0.15, 0.2) is 29.9 Å². The van der Waals surface area contributed by atoms with Gasteiger partial charge in [-0.05, 0) is 32.0 Å². The van der Waals surface area contributed by atoms with Crippen molar-refractivity contribution in [1.29, 1.82) is 0 Å². The second kappa shape index (κ2) is 6.98. The van der Waals surface area contributed by atoms with Crippen molar-refractivity contribution in [2.24, 2.45) is 0 Å². The Morgan fingerprint density at radius 1 is 1.55 bits per heavy atom. The number of amides is 1. The van der Waals surface area contributed by atoms with Gasteiger partial charge in [0, 0.05) is 42.5 Å². The number of nitrogens with one attached hydrogen (secondary N) is 1. The van der Waals surface area contributed by atoms with Gasteiger partial charge < -0.3 is 10.2 Å². The summed E-state index contributed by atoms with van der Waals surface area (Å²) >= 11 is 1.56. The number of likely N-dealkylation sites (N-methyl/N-ethyl adjacent to an activating group) is 1. The number of likely N-dealkylation sites (tertiary alicyclic amines) is 1. The van der Waals surface area contributed by atoms with Crippen molar-refractivity contribution in [2.75, 3.05) is 20.1 Å². The third kappa shape index (κ3) is 3.51. The zero-order valence-corrected chi connectivity index (χ0v) is 13.5. The number of carbonyl (C=O) groups excluding carboxylic acids is 1.